The summed E-state index contributed by atoms with van der Waals surface area (Å²) in [5, 5.41) is 6.13. The van der Waals surface area contributed by atoms with Crippen molar-refractivity contribution in [1.29, 1.82) is 0 Å². The molecule has 0 atom stereocenters. The number of rotatable bonds is 4. The zero-order valence-electron chi connectivity index (χ0n) is 10.8. The second-order valence-corrected chi connectivity index (χ2v) is 5.73. The van der Waals surface area contributed by atoms with Gasteiger partial charge in [0.25, 0.3) is 5.91 Å². The van der Waals surface area contributed by atoms with Gasteiger partial charge < -0.3 is 10.6 Å². The van der Waals surface area contributed by atoms with E-state index in [0.717, 1.165) is 10.3 Å². The molecule has 0 saturated heterocycles. The van der Waals surface area contributed by atoms with Crippen molar-refractivity contribution in [2.45, 2.75) is 18.9 Å². The number of nitrogens with one attached hydrogen (secondary N) is 2. The third-order valence-electron chi connectivity index (χ3n) is 3.06. The normalized spacial score (nSPS) is 13.8. The fourth-order valence-electron chi connectivity index (χ4n) is 1.79. The molecule has 5 heteroatoms. The summed E-state index contributed by atoms with van der Waals surface area (Å²) in [4.78, 5) is 16.3. The number of amides is 1. The molecule has 1 aromatic carbocycles. The lowest BCUT2D eigenvalue weighted by Crippen LogP contribution is -2.12. The SMILES string of the molecule is O=C(Nc1ccc(NC2CC2)nc1)c1ccc(Br)cc1. The van der Waals surface area contributed by atoms with Crippen molar-refractivity contribution in [2.75, 3.05) is 10.6 Å². The number of pyridine rings is 1. The lowest BCUT2D eigenvalue weighted by molar-refractivity contribution is 0.102. The number of carbonyl (C=O) groups excluding carboxylic acids is 1. The molecule has 0 radical (unpaired) electrons. The molecule has 1 saturated carbocycles. The second kappa shape index (κ2) is 5.63. The van der Waals surface area contributed by atoms with E-state index in [9.17, 15) is 4.79 Å². The maximum Gasteiger partial charge on any atom is 0.255 e. The van der Waals surface area contributed by atoms with Crippen molar-refractivity contribution >= 4 is 33.3 Å². The van der Waals surface area contributed by atoms with Crippen molar-refractivity contribution in [1.82, 2.24) is 4.98 Å². The van der Waals surface area contributed by atoms with Crippen molar-refractivity contribution in [3.63, 3.8) is 0 Å². The second-order valence-electron chi connectivity index (χ2n) is 4.81. The largest absolute Gasteiger partial charge is 0.367 e. The summed E-state index contributed by atoms with van der Waals surface area (Å²) in [6.45, 7) is 0. The van der Waals surface area contributed by atoms with Gasteiger partial charge in [0.05, 0.1) is 11.9 Å². The molecule has 1 fully saturated rings. The average Bonchev–Trinajstić information content (AvgIpc) is 3.26. The summed E-state index contributed by atoms with van der Waals surface area (Å²) in [6.07, 6.45) is 4.09. The molecule has 1 aromatic heterocycles. The van der Waals surface area contributed by atoms with Crippen LogP contribution in [0.4, 0.5) is 11.5 Å². The molecular weight excluding hydrogens is 318 g/mol. The van der Waals surface area contributed by atoms with Crippen LogP contribution in [0.5, 0.6) is 0 Å². The molecular formula is C15H14BrN3O. The standard InChI is InChI=1S/C15H14BrN3O/c16-11-3-1-10(2-4-11)15(20)19-13-7-8-14(17-9-13)18-12-5-6-12/h1-4,7-9,12H,5-6H2,(H,17,18)(H,19,20). The molecule has 1 heterocycles. The van der Waals surface area contributed by atoms with Gasteiger partial charge in [0.2, 0.25) is 0 Å². The highest BCUT2D eigenvalue weighted by atomic mass is 79.9. The maximum absolute atomic E-state index is 12.0. The van der Waals surface area contributed by atoms with Gasteiger partial charge >= 0.3 is 0 Å². The molecule has 0 bridgehead atoms. The lowest BCUT2D eigenvalue weighted by Gasteiger charge is -2.07. The van der Waals surface area contributed by atoms with Crippen LogP contribution in [0.3, 0.4) is 0 Å². The molecule has 3 rings (SSSR count). The van der Waals surface area contributed by atoms with Gasteiger partial charge in [-0.05, 0) is 49.2 Å². The zero-order valence-corrected chi connectivity index (χ0v) is 12.4. The number of anilines is 2. The molecule has 1 aliphatic carbocycles. The zero-order chi connectivity index (χ0) is 13.9. The number of benzene rings is 1. The van der Waals surface area contributed by atoms with Crippen molar-refractivity contribution in [3.05, 3.63) is 52.6 Å². The Hall–Kier alpha value is -1.88. The Labute approximate surface area is 125 Å². The van der Waals surface area contributed by atoms with Crippen molar-refractivity contribution in [3.8, 4) is 0 Å². The number of halogens is 1. The van der Waals surface area contributed by atoms with E-state index < -0.39 is 0 Å². The van der Waals surface area contributed by atoms with Gasteiger partial charge in [-0.1, -0.05) is 15.9 Å². The minimum atomic E-state index is -0.137. The van der Waals surface area contributed by atoms with Crippen LogP contribution in [-0.2, 0) is 0 Å². The first-order valence-electron chi connectivity index (χ1n) is 6.50. The third-order valence-corrected chi connectivity index (χ3v) is 3.59. The van der Waals surface area contributed by atoms with Crippen LogP contribution in [0.25, 0.3) is 0 Å². The van der Waals surface area contributed by atoms with Gasteiger partial charge in [0.15, 0.2) is 0 Å². The van der Waals surface area contributed by atoms with E-state index >= 15 is 0 Å². The number of nitrogens with zero attached hydrogens (tertiary/aromatic N) is 1. The predicted octanol–water partition coefficient (Wildman–Crippen LogP) is 3.67. The summed E-state index contributed by atoms with van der Waals surface area (Å²) in [5.74, 6) is 0.719. The Morgan fingerprint density at radius 1 is 1.15 bits per heavy atom. The Kier molecular flexibility index (Phi) is 3.69. The molecule has 20 heavy (non-hydrogen) atoms. The van der Waals surface area contributed by atoms with E-state index in [4.69, 9.17) is 0 Å². The van der Waals surface area contributed by atoms with E-state index in [1.807, 2.05) is 24.3 Å². The van der Waals surface area contributed by atoms with E-state index in [-0.39, 0.29) is 5.91 Å². The summed E-state index contributed by atoms with van der Waals surface area (Å²) in [5.41, 5.74) is 1.31. The highest BCUT2D eigenvalue weighted by Gasteiger charge is 2.21. The first-order chi connectivity index (χ1) is 9.70. The number of carbonyl (C=O) groups is 1. The highest BCUT2D eigenvalue weighted by Crippen LogP contribution is 2.24. The molecule has 4 nitrogen and oxygen atoms in total. The van der Waals surface area contributed by atoms with Crippen molar-refractivity contribution < 1.29 is 4.79 Å². The van der Waals surface area contributed by atoms with E-state index in [1.54, 1.807) is 18.3 Å². The predicted molar refractivity (Wildman–Crippen MR) is 83.0 cm³/mol. The molecule has 2 aromatic rings. The van der Waals surface area contributed by atoms with Crippen LogP contribution in [0.15, 0.2) is 47.1 Å². The number of hydrogen-bond acceptors (Lipinski definition) is 3. The average molecular weight is 332 g/mol. The van der Waals surface area contributed by atoms with Gasteiger partial charge in [-0.3, -0.25) is 4.79 Å². The summed E-state index contributed by atoms with van der Waals surface area (Å²) < 4.78 is 0.950. The van der Waals surface area contributed by atoms with E-state index in [2.05, 4.69) is 31.5 Å². The quantitative estimate of drug-likeness (QED) is 0.898. The van der Waals surface area contributed by atoms with Gasteiger partial charge in [0.1, 0.15) is 5.82 Å². The van der Waals surface area contributed by atoms with Crippen LogP contribution in [-0.4, -0.2) is 16.9 Å². The van der Waals surface area contributed by atoms with Crippen LogP contribution in [0.2, 0.25) is 0 Å². The Morgan fingerprint density at radius 2 is 1.90 bits per heavy atom. The van der Waals surface area contributed by atoms with Crippen LogP contribution < -0.4 is 10.6 Å². The molecule has 2 N–H and O–H groups in total. The molecule has 0 spiro atoms. The first kappa shape index (κ1) is 13.1. The summed E-state index contributed by atoms with van der Waals surface area (Å²) in [6, 6.07) is 11.5. The fourth-order valence-corrected chi connectivity index (χ4v) is 2.06. The van der Waals surface area contributed by atoms with Gasteiger partial charge in [-0.2, -0.15) is 0 Å². The lowest BCUT2D eigenvalue weighted by atomic mass is 10.2. The summed E-state index contributed by atoms with van der Waals surface area (Å²) >= 11 is 3.35. The molecule has 0 unspecified atom stereocenters. The van der Waals surface area contributed by atoms with Gasteiger partial charge in [-0.15, -0.1) is 0 Å². The monoisotopic (exact) mass is 331 g/mol. The Bertz CT molecular complexity index is 606. The van der Waals surface area contributed by atoms with Gasteiger partial charge in [-0.25, -0.2) is 4.98 Å². The van der Waals surface area contributed by atoms with Crippen LogP contribution in [0, 0.1) is 0 Å². The maximum atomic E-state index is 12.0. The first-order valence-corrected chi connectivity index (χ1v) is 7.29. The highest BCUT2D eigenvalue weighted by molar-refractivity contribution is 9.10. The Balaban J connectivity index is 1.64. The fraction of sp³-hybridized carbons (Fsp3) is 0.200. The van der Waals surface area contributed by atoms with Crippen LogP contribution in [0.1, 0.15) is 23.2 Å². The topological polar surface area (TPSA) is 54.0 Å². The number of hydrogen-bond donors (Lipinski definition) is 2. The smallest absolute Gasteiger partial charge is 0.255 e. The summed E-state index contributed by atoms with van der Waals surface area (Å²) in [7, 11) is 0. The molecule has 1 amide bonds. The van der Waals surface area contributed by atoms with E-state index in [1.165, 1.54) is 12.8 Å². The minimum Gasteiger partial charge on any atom is -0.367 e. The molecule has 1 aliphatic rings. The Morgan fingerprint density at radius 3 is 2.50 bits per heavy atom. The van der Waals surface area contributed by atoms with Crippen LogP contribution >= 0.6 is 15.9 Å². The number of aromatic nitrogens is 1. The molecule has 0 aliphatic heterocycles. The minimum absolute atomic E-state index is 0.137. The van der Waals surface area contributed by atoms with E-state index in [0.29, 0.717) is 17.3 Å². The molecule has 102 valence electrons. The van der Waals surface area contributed by atoms with Gasteiger partial charge in [0, 0.05) is 16.1 Å². The van der Waals surface area contributed by atoms with Crippen molar-refractivity contribution in [2.24, 2.45) is 0 Å². The third kappa shape index (κ3) is 3.36.